The number of nitrogens with zero attached hydrogens (tertiary/aromatic N) is 10. The molecule has 0 saturated carbocycles. The number of aliphatic hydroxyl groups is 2. The second-order valence-corrected chi connectivity index (χ2v) is 39.4. The van der Waals surface area contributed by atoms with Crippen molar-refractivity contribution >= 4 is 79.8 Å². The molecule has 6 unspecified atom stereocenters. The molecular formula is C64H78BrN17O45P6. The number of hydrogen-bond acceptors (Lipinski definition) is 43. The fourth-order valence-corrected chi connectivity index (χ4v) is 21.2. The van der Waals surface area contributed by atoms with E-state index in [2.05, 4.69) is 30.9 Å². The Morgan fingerprint density at radius 1 is 0.361 bits per heavy atom. The van der Waals surface area contributed by atoms with E-state index in [0.29, 0.717) is 0 Å². The van der Waals surface area contributed by atoms with Crippen LogP contribution in [-0.4, -0.2) is 248 Å². The number of nitrogens with two attached hydrogens (primary N) is 1. The van der Waals surface area contributed by atoms with Crippen molar-refractivity contribution in [3.8, 4) is 0 Å². The summed E-state index contributed by atoms with van der Waals surface area (Å²) in [6.07, 6.45) is -29.8. The molecule has 62 nitrogen and oxygen atoms in total. The molecular weight excluding hydrogens is 1990 g/mol. The normalized spacial score (nSPS) is 30.5. The number of hydrogen-bond donors (Lipinski definition) is 15. The van der Waals surface area contributed by atoms with Crippen LogP contribution in [-0.2, 0) is 115 Å². The van der Waals surface area contributed by atoms with Crippen LogP contribution in [0.4, 0.5) is 5.82 Å². The third-order valence-electron chi connectivity index (χ3n) is 21.2. The summed E-state index contributed by atoms with van der Waals surface area (Å²) in [6, 6.07) is 4.58. The highest BCUT2D eigenvalue weighted by Crippen LogP contribution is 2.57. The van der Waals surface area contributed by atoms with E-state index < -0.39 is 328 Å². The molecule has 0 aromatic carbocycles. The third-order valence-corrected chi connectivity index (χ3v) is 27.9. The molecule has 15 heterocycles. The van der Waals surface area contributed by atoms with Crippen LogP contribution in [0.15, 0.2) is 142 Å². The van der Waals surface area contributed by atoms with Gasteiger partial charge in [0, 0.05) is 112 Å². The van der Waals surface area contributed by atoms with Crippen LogP contribution in [0.25, 0.3) is 11.2 Å². The van der Waals surface area contributed by atoms with Gasteiger partial charge in [0.2, 0.25) is 0 Å². The Kier molecular flexibility index (Phi) is 29.8. The van der Waals surface area contributed by atoms with Crippen molar-refractivity contribution in [1.29, 1.82) is 0 Å². The van der Waals surface area contributed by atoms with E-state index in [0.717, 1.165) is 101 Å². The van der Waals surface area contributed by atoms with E-state index in [1.165, 1.54) is 10.9 Å². The number of nitrogens with one attached hydrogen (secondary N) is 6. The highest BCUT2D eigenvalue weighted by atomic mass is 79.9. The Morgan fingerprint density at radius 2 is 0.617 bits per heavy atom. The predicted octanol–water partition coefficient (Wildman–Crippen LogP) is -4.15. The maximum atomic E-state index is 14.4. The lowest BCUT2D eigenvalue weighted by Gasteiger charge is -2.26. The number of phosphoric acid groups is 6. The number of imidazole rings is 1. The largest absolute Gasteiger partial charge is 0.472 e. The first-order chi connectivity index (χ1) is 62.8. The number of nitrogen functional groups attached to an aromatic ring is 1. The van der Waals surface area contributed by atoms with Gasteiger partial charge in [-0.15, -0.1) is 0 Å². The van der Waals surface area contributed by atoms with Crippen molar-refractivity contribution in [2.75, 3.05) is 52.0 Å². The Balaban J connectivity index is 0.619. The number of ether oxygens (including phenoxy) is 7. The first-order valence-electron chi connectivity index (χ1n) is 39.1. The van der Waals surface area contributed by atoms with Gasteiger partial charge in [0.05, 0.1) is 63.2 Å². The van der Waals surface area contributed by atoms with E-state index in [1.807, 2.05) is 29.9 Å². The molecule has 7 aliphatic heterocycles. The van der Waals surface area contributed by atoms with E-state index >= 15 is 0 Å². The summed E-state index contributed by atoms with van der Waals surface area (Å²) < 4.78 is 197. The smallest absolute Gasteiger partial charge is 0.394 e. The number of phosphoric ester groups is 6. The molecule has 27 atom stereocenters. The van der Waals surface area contributed by atoms with Crippen molar-refractivity contribution in [1.82, 2.24) is 76.8 Å². The summed E-state index contributed by atoms with van der Waals surface area (Å²) in [4.78, 5) is 243. The molecule has 0 radical (unpaired) electrons. The molecule has 0 spiro atoms. The van der Waals surface area contributed by atoms with E-state index in [-0.39, 0.29) is 27.9 Å². The molecule has 726 valence electrons. The minimum atomic E-state index is -5.76. The quantitative estimate of drug-likeness (QED) is 0.0163. The van der Waals surface area contributed by atoms with Crippen LogP contribution in [0.5, 0.6) is 0 Å². The van der Waals surface area contributed by atoms with Gasteiger partial charge in [0.1, 0.15) is 135 Å². The van der Waals surface area contributed by atoms with E-state index in [1.54, 1.807) is 0 Å². The number of aliphatic hydroxyl groups excluding tert-OH is 2. The lowest BCUT2D eigenvalue weighted by Crippen LogP contribution is -2.33. The zero-order chi connectivity index (χ0) is 95.3. The van der Waals surface area contributed by atoms with Crippen LogP contribution in [0, 0.1) is 0 Å². The average Bonchev–Trinajstić information content (AvgIpc) is 1.63. The molecule has 0 bridgehead atoms. The van der Waals surface area contributed by atoms with E-state index in [4.69, 9.17) is 93.2 Å². The second-order valence-electron chi connectivity index (χ2n) is 30.1. The molecule has 8 aromatic rings. The number of H-pyrrole nitrogens is 6. The summed E-state index contributed by atoms with van der Waals surface area (Å²) in [5, 5.41) is 20.9. The number of aromatic amines is 6. The number of anilines is 1. The summed E-state index contributed by atoms with van der Waals surface area (Å²) in [5.41, 5.74) is -5.37. The lowest BCUT2D eigenvalue weighted by atomic mass is 10.2. The zero-order valence-corrected chi connectivity index (χ0v) is 74.3. The van der Waals surface area contributed by atoms with Crippen molar-refractivity contribution in [3.63, 3.8) is 0 Å². The van der Waals surface area contributed by atoms with Gasteiger partial charge in [-0.3, -0.25) is 145 Å². The van der Waals surface area contributed by atoms with Gasteiger partial charge < -0.3 is 78.5 Å². The minimum Gasteiger partial charge on any atom is -0.394 e. The second kappa shape index (κ2) is 40.1. The first kappa shape index (κ1) is 98.7. The maximum absolute atomic E-state index is 14.4. The molecule has 16 N–H and O–H groups in total. The molecule has 15 rings (SSSR count). The van der Waals surface area contributed by atoms with Crippen LogP contribution >= 0.6 is 62.9 Å². The Hall–Kier alpha value is -8.79. The van der Waals surface area contributed by atoms with Gasteiger partial charge in [0.25, 0.3) is 33.4 Å². The summed E-state index contributed by atoms with van der Waals surface area (Å²) in [5.74, 6) is -0.0802. The van der Waals surface area contributed by atoms with Crippen molar-refractivity contribution in [3.05, 3.63) is 210 Å². The molecule has 7 fully saturated rings. The first-order valence-corrected chi connectivity index (χ1v) is 48.9. The number of aromatic nitrogens is 16. The van der Waals surface area contributed by atoms with Crippen LogP contribution < -0.4 is 73.2 Å². The monoisotopic (exact) mass is 2070 g/mol. The zero-order valence-electron chi connectivity index (χ0n) is 67.3. The fraction of sp³-hybridized carbons (Fsp3) is 0.547. The third kappa shape index (κ3) is 23.9. The molecule has 7 saturated heterocycles. The van der Waals surface area contributed by atoms with Crippen LogP contribution in [0.3, 0.4) is 0 Å². The van der Waals surface area contributed by atoms with E-state index in [9.17, 15) is 124 Å². The Labute approximate surface area is 743 Å². The van der Waals surface area contributed by atoms with Gasteiger partial charge in [-0.25, -0.2) is 71.1 Å². The highest BCUT2D eigenvalue weighted by Gasteiger charge is 2.53. The van der Waals surface area contributed by atoms with Gasteiger partial charge in [-0.05, 0) is 15.9 Å². The lowest BCUT2D eigenvalue weighted by molar-refractivity contribution is -0.0659. The summed E-state index contributed by atoms with van der Waals surface area (Å²) in [6.45, 7) is -7.60. The number of rotatable bonds is 38. The summed E-state index contributed by atoms with van der Waals surface area (Å²) >= 11 is 2.99. The van der Waals surface area contributed by atoms with Crippen molar-refractivity contribution in [2.45, 2.75) is 174 Å². The molecule has 7 aliphatic rings. The SMILES string of the molecule is Nc1ncnc2c1ncn2[C@H]1C[C@H](OP(=O)(O)OC[C@H]2O[C@@H](n3ccc(=O)[nH]c3=O)C[C@@H]2O)[C@@H](COP(=O)(O)O[C@H]2C[C@H](n3cc(Br)c(=O)[nH]c3=O)O[C@@H]2COP(=O)(O)O[C@H]2C[C@H](n3ccc(=O)[nH]c3=O)O[C@@H]2COP(=O)(O)O[C@H]2C[C@H](n3ccc(=O)[nH]c3=O)O[C@@H]2COP(=O)(O)O[C@H]2C[C@H](n3ccc(=O)[nH]c3=O)O[C@@H]2COP(=O)(O)O[C@H]2C[C@H](n3ccc(=O)[nH]c3=O)O[C@@H]2CO)O1. The number of halogens is 1. The molecule has 69 heteroatoms. The van der Waals surface area contributed by atoms with Crippen molar-refractivity contribution < 1.29 is 154 Å². The maximum Gasteiger partial charge on any atom is 0.472 e. The molecule has 8 aromatic heterocycles. The van der Waals surface area contributed by atoms with Gasteiger partial charge in [-0.1, -0.05) is 0 Å². The highest BCUT2D eigenvalue weighted by molar-refractivity contribution is 9.10. The fourth-order valence-electron chi connectivity index (χ4n) is 15.1. The standard InChI is InChI=1S/C64H78BrN17O45P6/c65-28-18-81(64(96)75-58(28)90)53-16-34(126-133(107,108)114-25-42-35(17-54(121-42)82-27-69-55-56(66)67-26-68-57(55)82)127-128(97,98)109-20-37-29(84)11-48(116-37)76-6-1-43(85)70-59(76)91)41(120-53)24-113-132(105,106)125-33-15-52(80-10-5-47(89)74-63(80)95)119-40(33)23-112-131(103,104)124-32-14-51(79-9-4-46(88)73-62(79)94)118-39(32)22-111-130(101,102)123-31-13-50(78-8-3-45(87)72-61(78)93)117-38(31)21-110-129(99,100)122-30-12-49(115-36(30)19-83)77-7-2-44(86)71-60(77)92/h1-10,18,26-27,29-42,48-54,83-84H,11-17,19-25H2,(H,97,98)(H,99,100)(H,101,102)(H,103,104)(H,105,106)(H,107,108)(H2,66,67,68)(H,70,85,91)(H,71,86,92)(H,72,87,93)(H,73,88,94)(H,74,89,95)(H,75,90,96)/t29-,30-,31-,32-,33-,34-,35-,36+,37+,38+,39+,40+,41+,42+,48+,49+,50+,51+,52+,53+,54+/m0/s1. The van der Waals surface area contributed by atoms with Gasteiger partial charge >= 0.3 is 81.1 Å². The van der Waals surface area contributed by atoms with Crippen molar-refractivity contribution in [2.24, 2.45) is 0 Å². The molecule has 0 amide bonds. The Bertz CT molecular complexity index is 6760. The van der Waals surface area contributed by atoms with Crippen LogP contribution in [0.1, 0.15) is 88.5 Å². The number of fused-ring (bicyclic) bond motifs is 1. The van der Waals surface area contributed by atoms with Gasteiger partial charge in [0.15, 0.2) is 11.5 Å². The Morgan fingerprint density at radius 3 is 0.917 bits per heavy atom. The summed E-state index contributed by atoms with van der Waals surface area (Å²) in [7, 11) is -33.5. The topological polar surface area (TPSA) is 838 Å². The minimum absolute atomic E-state index is 0.0605. The predicted molar refractivity (Wildman–Crippen MR) is 432 cm³/mol. The molecule has 0 aliphatic carbocycles. The van der Waals surface area contributed by atoms with Gasteiger partial charge in [-0.2, -0.15) is 0 Å². The molecule has 133 heavy (non-hydrogen) atoms. The van der Waals surface area contributed by atoms with Crippen LogP contribution in [0.2, 0.25) is 0 Å². The average molecular weight is 2070 g/mol.